The molecule has 0 atom stereocenters. The first-order chi connectivity index (χ1) is 5.88. The number of ether oxygens (including phenoxy) is 1. The summed E-state index contributed by atoms with van der Waals surface area (Å²) in [7, 11) is 0. The van der Waals surface area contributed by atoms with E-state index in [0.29, 0.717) is 6.20 Å². The maximum absolute atomic E-state index is 12.3. The molecule has 0 amide bonds. The predicted molar refractivity (Wildman–Crippen MR) is 30.8 cm³/mol. The summed E-state index contributed by atoms with van der Waals surface area (Å²) in [6.07, 6.45) is -4.50. The standard InChI is InChI=1S/C6H2F5NO/c7-4-1-3(2-12-5(4)8)13-6(9,10)11/h1-2H. The average Bonchev–Trinajstić information content (AvgIpc) is 1.94. The number of aromatic nitrogens is 1. The van der Waals surface area contributed by atoms with Gasteiger partial charge in [0.15, 0.2) is 11.6 Å². The largest absolute Gasteiger partial charge is 0.573 e. The molecule has 0 N–H and O–H groups in total. The van der Waals surface area contributed by atoms with Gasteiger partial charge in [0, 0.05) is 6.07 Å². The highest BCUT2D eigenvalue weighted by molar-refractivity contribution is 5.17. The van der Waals surface area contributed by atoms with Gasteiger partial charge in [-0.2, -0.15) is 4.39 Å². The first kappa shape index (κ1) is 9.69. The van der Waals surface area contributed by atoms with Crippen LogP contribution in [0.4, 0.5) is 22.0 Å². The van der Waals surface area contributed by atoms with Crippen molar-refractivity contribution in [3.8, 4) is 5.75 Å². The van der Waals surface area contributed by atoms with Crippen LogP contribution in [0.5, 0.6) is 5.75 Å². The zero-order valence-corrected chi connectivity index (χ0v) is 5.90. The molecular weight excluding hydrogens is 197 g/mol. The minimum Gasteiger partial charge on any atom is -0.404 e. The van der Waals surface area contributed by atoms with Gasteiger partial charge in [0.05, 0.1) is 6.20 Å². The average molecular weight is 199 g/mol. The van der Waals surface area contributed by atoms with Crippen LogP contribution in [0.3, 0.4) is 0 Å². The molecule has 7 heteroatoms. The minimum absolute atomic E-state index is 0.260. The molecule has 0 aromatic carbocycles. The fraction of sp³-hybridized carbons (Fsp3) is 0.167. The molecule has 0 bridgehead atoms. The number of alkyl halides is 3. The highest BCUT2D eigenvalue weighted by Crippen LogP contribution is 2.22. The van der Waals surface area contributed by atoms with Gasteiger partial charge in [-0.05, 0) is 0 Å². The van der Waals surface area contributed by atoms with E-state index >= 15 is 0 Å². The van der Waals surface area contributed by atoms with E-state index in [1.54, 1.807) is 0 Å². The minimum atomic E-state index is -4.94. The highest BCUT2D eigenvalue weighted by Gasteiger charge is 2.31. The van der Waals surface area contributed by atoms with Gasteiger partial charge in [0.1, 0.15) is 0 Å². The van der Waals surface area contributed by atoms with Crippen molar-refractivity contribution < 1.29 is 26.7 Å². The van der Waals surface area contributed by atoms with Gasteiger partial charge < -0.3 is 4.74 Å². The molecule has 0 unspecified atom stereocenters. The van der Waals surface area contributed by atoms with E-state index in [0.717, 1.165) is 0 Å². The molecule has 0 aliphatic rings. The molecule has 0 aliphatic heterocycles. The Morgan fingerprint density at radius 3 is 2.31 bits per heavy atom. The Bertz CT molecular complexity index is 310. The van der Waals surface area contributed by atoms with Crippen molar-refractivity contribution in [3.63, 3.8) is 0 Å². The lowest BCUT2D eigenvalue weighted by atomic mass is 10.4. The van der Waals surface area contributed by atoms with Gasteiger partial charge in [0.2, 0.25) is 5.95 Å². The number of halogens is 5. The van der Waals surface area contributed by atoms with Crippen molar-refractivity contribution in [3.05, 3.63) is 24.0 Å². The van der Waals surface area contributed by atoms with Crippen LogP contribution >= 0.6 is 0 Å². The molecule has 2 nitrogen and oxygen atoms in total. The van der Waals surface area contributed by atoms with Crippen LogP contribution in [0.25, 0.3) is 0 Å². The first-order valence-electron chi connectivity index (χ1n) is 2.95. The maximum atomic E-state index is 12.3. The van der Waals surface area contributed by atoms with Crippen molar-refractivity contribution >= 4 is 0 Å². The molecule has 0 radical (unpaired) electrons. The third-order valence-corrected chi connectivity index (χ3v) is 1.00. The van der Waals surface area contributed by atoms with Crippen LogP contribution in [0.2, 0.25) is 0 Å². The number of nitrogens with zero attached hydrogens (tertiary/aromatic N) is 1. The Morgan fingerprint density at radius 1 is 1.23 bits per heavy atom. The Balaban J connectivity index is 2.86. The highest BCUT2D eigenvalue weighted by atomic mass is 19.4. The first-order valence-corrected chi connectivity index (χ1v) is 2.95. The van der Waals surface area contributed by atoms with Crippen LogP contribution in [-0.4, -0.2) is 11.3 Å². The molecule has 1 rings (SSSR count). The summed E-state index contributed by atoms with van der Waals surface area (Å²) in [5.74, 6) is -3.87. The fourth-order valence-corrected chi connectivity index (χ4v) is 0.593. The SMILES string of the molecule is Fc1cc(OC(F)(F)F)cnc1F. The lowest BCUT2D eigenvalue weighted by Gasteiger charge is -2.07. The molecule has 1 heterocycles. The number of pyridine rings is 1. The molecule has 0 saturated carbocycles. The van der Waals surface area contributed by atoms with Crippen LogP contribution in [0.15, 0.2) is 12.3 Å². The third-order valence-electron chi connectivity index (χ3n) is 1.00. The van der Waals surface area contributed by atoms with Gasteiger partial charge in [0.25, 0.3) is 0 Å². The van der Waals surface area contributed by atoms with Crippen LogP contribution in [-0.2, 0) is 0 Å². The Labute approximate surface area is 69.0 Å². The van der Waals surface area contributed by atoms with Gasteiger partial charge in [-0.1, -0.05) is 0 Å². The second kappa shape index (κ2) is 3.15. The van der Waals surface area contributed by atoms with Gasteiger partial charge in [-0.25, -0.2) is 9.37 Å². The van der Waals surface area contributed by atoms with E-state index in [1.165, 1.54) is 0 Å². The van der Waals surface area contributed by atoms with E-state index in [-0.39, 0.29) is 6.07 Å². The summed E-state index contributed by atoms with van der Waals surface area (Å²) in [6, 6.07) is 0.260. The van der Waals surface area contributed by atoms with Crippen molar-refractivity contribution in [1.29, 1.82) is 0 Å². The molecular formula is C6H2F5NO. The van der Waals surface area contributed by atoms with E-state index in [4.69, 9.17) is 0 Å². The Hall–Kier alpha value is -1.40. The van der Waals surface area contributed by atoms with Crippen molar-refractivity contribution in [2.75, 3.05) is 0 Å². The zero-order chi connectivity index (χ0) is 10.1. The fourth-order valence-electron chi connectivity index (χ4n) is 0.593. The van der Waals surface area contributed by atoms with E-state index in [2.05, 4.69) is 9.72 Å². The summed E-state index contributed by atoms with van der Waals surface area (Å²) in [6.45, 7) is 0. The van der Waals surface area contributed by atoms with Gasteiger partial charge >= 0.3 is 6.36 Å². The van der Waals surface area contributed by atoms with E-state index in [9.17, 15) is 22.0 Å². The maximum Gasteiger partial charge on any atom is 0.573 e. The normalized spacial score (nSPS) is 11.5. The van der Waals surface area contributed by atoms with Crippen LogP contribution in [0, 0.1) is 11.8 Å². The molecule has 1 aromatic heterocycles. The summed E-state index contributed by atoms with van der Waals surface area (Å²) < 4.78 is 62.2. The molecule has 0 saturated heterocycles. The molecule has 0 aliphatic carbocycles. The van der Waals surface area contributed by atoms with E-state index in [1.807, 2.05) is 0 Å². The van der Waals surface area contributed by atoms with E-state index < -0.39 is 23.9 Å². The number of rotatable bonds is 1. The molecule has 72 valence electrons. The van der Waals surface area contributed by atoms with Crippen LogP contribution in [0.1, 0.15) is 0 Å². The Kier molecular flexibility index (Phi) is 2.35. The summed E-state index contributed by atoms with van der Waals surface area (Å²) in [5, 5.41) is 0. The van der Waals surface area contributed by atoms with Crippen molar-refractivity contribution in [2.45, 2.75) is 6.36 Å². The molecule has 1 aromatic rings. The summed E-state index contributed by atoms with van der Waals surface area (Å²) in [5.41, 5.74) is 0. The van der Waals surface area contributed by atoms with Gasteiger partial charge in [-0.3, -0.25) is 0 Å². The molecule has 0 spiro atoms. The Morgan fingerprint density at radius 2 is 1.85 bits per heavy atom. The lowest BCUT2D eigenvalue weighted by molar-refractivity contribution is -0.274. The molecule has 0 fully saturated rings. The number of hydrogen-bond donors (Lipinski definition) is 0. The summed E-state index contributed by atoms with van der Waals surface area (Å²) in [4.78, 5) is 2.70. The second-order valence-electron chi connectivity index (χ2n) is 1.99. The van der Waals surface area contributed by atoms with Crippen molar-refractivity contribution in [2.24, 2.45) is 0 Å². The smallest absolute Gasteiger partial charge is 0.404 e. The lowest BCUT2D eigenvalue weighted by Crippen LogP contribution is -2.17. The molecule has 13 heavy (non-hydrogen) atoms. The second-order valence-corrected chi connectivity index (χ2v) is 1.99. The number of hydrogen-bond acceptors (Lipinski definition) is 2. The van der Waals surface area contributed by atoms with Gasteiger partial charge in [-0.15, -0.1) is 13.2 Å². The predicted octanol–water partition coefficient (Wildman–Crippen LogP) is 2.26. The summed E-state index contributed by atoms with van der Waals surface area (Å²) >= 11 is 0. The zero-order valence-electron chi connectivity index (χ0n) is 5.90. The van der Waals surface area contributed by atoms with Crippen molar-refractivity contribution in [1.82, 2.24) is 4.98 Å². The quantitative estimate of drug-likeness (QED) is 0.511. The third kappa shape index (κ3) is 2.85. The topological polar surface area (TPSA) is 22.1 Å². The van der Waals surface area contributed by atoms with Crippen LogP contribution < -0.4 is 4.74 Å². The monoisotopic (exact) mass is 199 g/mol.